The lowest BCUT2D eigenvalue weighted by molar-refractivity contribution is 0.572. The van der Waals surface area contributed by atoms with E-state index in [9.17, 15) is 12.8 Å². The normalized spacial score (nSPS) is 11.7. The van der Waals surface area contributed by atoms with E-state index in [0.717, 1.165) is 12.1 Å². The second-order valence-corrected chi connectivity index (χ2v) is 6.15. The maximum absolute atomic E-state index is 13.2. The highest BCUT2D eigenvalue weighted by Gasteiger charge is 2.19. The summed E-state index contributed by atoms with van der Waals surface area (Å²) in [7, 11) is -3.85. The maximum atomic E-state index is 13.2. The van der Waals surface area contributed by atoms with Gasteiger partial charge in [0.25, 0.3) is 0 Å². The zero-order chi connectivity index (χ0) is 14.8. The molecule has 0 spiro atoms. The maximum Gasteiger partial charge on any atom is 0.242 e. The lowest BCUT2D eigenvalue weighted by Gasteiger charge is -2.10. The van der Waals surface area contributed by atoms with E-state index < -0.39 is 15.8 Å². The smallest absolute Gasteiger partial charge is 0.242 e. The summed E-state index contributed by atoms with van der Waals surface area (Å²) in [5.74, 6) is -0.757. The zero-order valence-electron chi connectivity index (χ0n) is 10.3. The highest BCUT2D eigenvalue weighted by atomic mass is 35.5. The average Bonchev–Trinajstić information content (AvgIpc) is 2.86. The van der Waals surface area contributed by atoms with Gasteiger partial charge in [0.05, 0.1) is 17.0 Å². The van der Waals surface area contributed by atoms with Gasteiger partial charge in [0, 0.05) is 25.5 Å². The average molecular weight is 319 g/mol. The Morgan fingerprint density at radius 3 is 2.85 bits per heavy atom. The van der Waals surface area contributed by atoms with E-state index in [1.165, 1.54) is 0 Å². The molecule has 1 aromatic heterocycles. The van der Waals surface area contributed by atoms with Crippen LogP contribution in [0.15, 0.2) is 35.7 Å². The third-order valence-corrected chi connectivity index (χ3v) is 4.49. The van der Waals surface area contributed by atoms with Crippen LogP contribution in [0.1, 0.15) is 0 Å². The fourth-order valence-electron chi connectivity index (χ4n) is 1.56. The number of sulfonamides is 1. The fourth-order valence-corrected chi connectivity index (χ4v) is 3.12. The molecule has 0 fully saturated rings. The van der Waals surface area contributed by atoms with Crippen molar-refractivity contribution in [2.75, 3.05) is 12.3 Å². The van der Waals surface area contributed by atoms with Crippen molar-refractivity contribution in [3.05, 3.63) is 41.7 Å². The molecule has 2 rings (SSSR count). The minimum absolute atomic E-state index is 0.145. The molecular weight excluding hydrogens is 307 g/mol. The van der Waals surface area contributed by atoms with E-state index in [0.29, 0.717) is 6.54 Å². The SMILES string of the molecule is Nc1cc(S(=O)(=O)NCCn2ccnc2)c(Cl)cc1F. The Balaban J connectivity index is 2.12. The molecule has 1 heterocycles. The van der Waals surface area contributed by atoms with Crippen LogP contribution in [0, 0.1) is 5.82 Å². The van der Waals surface area contributed by atoms with Gasteiger partial charge in [-0.15, -0.1) is 0 Å². The van der Waals surface area contributed by atoms with Crippen LogP contribution in [0.2, 0.25) is 5.02 Å². The van der Waals surface area contributed by atoms with Gasteiger partial charge in [-0.3, -0.25) is 0 Å². The largest absolute Gasteiger partial charge is 0.396 e. The molecule has 0 unspecified atom stereocenters. The van der Waals surface area contributed by atoms with Crippen molar-refractivity contribution in [3.63, 3.8) is 0 Å². The van der Waals surface area contributed by atoms with Crippen LogP contribution in [0.3, 0.4) is 0 Å². The van der Waals surface area contributed by atoms with Gasteiger partial charge < -0.3 is 10.3 Å². The number of nitrogens with one attached hydrogen (secondary N) is 1. The minimum Gasteiger partial charge on any atom is -0.396 e. The summed E-state index contributed by atoms with van der Waals surface area (Å²) < 4.78 is 41.3. The molecule has 9 heteroatoms. The van der Waals surface area contributed by atoms with Crippen molar-refractivity contribution in [3.8, 4) is 0 Å². The predicted molar refractivity (Wildman–Crippen MR) is 73.2 cm³/mol. The molecule has 108 valence electrons. The van der Waals surface area contributed by atoms with Crippen molar-refractivity contribution in [1.29, 1.82) is 0 Å². The number of hydrogen-bond donors (Lipinski definition) is 2. The Bertz CT molecular complexity index is 703. The highest BCUT2D eigenvalue weighted by molar-refractivity contribution is 7.89. The number of nitrogens with zero attached hydrogens (tertiary/aromatic N) is 2. The molecule has 6 nitrogen and oxygen atoms in total. The summed E-state index contributed by atoms with van der Waals surface area (Å²) in [6.45, 7) is 0.555. The molecule has 2 aromatic rings. The zero-order valence-corrected chi connectivity index (χ0v) is 11.8. The number of hydrogen-bond acceptors (Lipinski definition) is 4. The van der Waals surface area contributed by atoms with E-state index in [4.69, 9.17) is 17.3 Å². The Kier molecular flexibility index (Phi) is 4.26. The summed E-state index contributed by atoms with van der Waals surface area (Å²) in [6, 6.07) is 1.87. The number of aromatic nitrogens is 2. The van der Waals surface area contributed by atoms with Gasteiger partial charge in [0.15, 0.2) is 0 Å². The van der Waals surface area contributed by atoms with E-state index >= 15 is 0 Å². The number of benzene rings is 1. The first-order chi connectivity index (χ1) is 9.40. The van der Waals surface area contributed by atoms with Gasteiger partial charge in [0.1, 0.15) is 10.7 Å². The van der Waals surface area contributed by atoms with Crippen LogP contribution in [0.5, 0.6) is 0 Å². The van der Waals surface area contributed by atoms with Crippen LogP contribution in [0.4, 0.5) is 10.1 Å². The van der Waals surface area contributed by atoms with Gasteiger partial charge >= 0.3 is 0 Å². The molecule has 0 aliphatic carbocycles. The second-order valence-electron chi connectivity index (χ2n) is 4.00. The van der Waals surface area contributed by atoms with Crippen LogP contribution < -0.4 is 10.5 Å². The first-order valence-corrected chi connectivity index (χ1v) is 7.46. The summed E-state index contributed by atoms with van der Waals surface area (Å²) >= 11 is 5.73. The van der Waals surface area contributed by atoms with Gasteiger partial charge in [0.2, 0.25) is 10.0 Å². The molecule has 0 saturated carbocycles. The summed E-state index contributed by atoms with van der Waals surface area (Å²) in [4.78, 5) is 3.59. The topological polar surface area (TPSA) is 90.0 Å². The quantitative estimate of drug-likeness (QED) is 0.811. The molecule has 20 heavy (non-hydrogen) atoms. The Morgan fingerprint density at radius 1 is 1.45 bits per heavy atom. The standard InChI is InChI=1S/C11H12ClFN4O2S/c12-8-5-9(13)10(14)6-11(8)20(18,19)16-2-4-17-3-1-15-7-17/h1,3,5-7,16H,2,4,14H2. The van der Waals surface area contributed by atoms with Crippen molar-refractivity contribution >= 4 is 27.3 Å². The number of nitrogens with two attached hydrogens (primary N) is 1. The fraction of sp³-hybridized carbons (Fsp3) is 0.182. The van der Waals surface area contributed by atoms with Crippen molar-refractivity contribution in [2.24, 2.45) is 0 Å². The van der Waals surface area contributed by atoms with E-state index in [2.05, 4.69) is 9.71 Å². The molecule has 1 aromatic carbocycles. The van der Waals surface area contributed by atoms with E-state index in [-0.39, 0.29) is 22.2 Å². The summed E-state index contributed by atoms with van der Waals surface area (Å²) in [6.07, 6.45) is 4.86. The van der Waals surface area contributed by atoms with E-state index in [1.54, 1.807) is 23.3 Å². The van der Waals surface area contributed by atoms with Crippen LogP contribution in [0.25, 0.3) is 0 Å². The number of halogens is 2. The third kappa shape index (κ3) is 3.27. The second kappa shape index (κ2) is 5.78. The van der Waals surface area contributed by atoms with Gasteiger partial charge in [-0.1, -0.05) is 11.6 Å². The van der Waals surface area contributed by atoms with Crippen LogP contribution >= 0.6 is 11.6 Å². The van der Waals surface area contributed by atoms with Gasteiger partial charge in [-0.05, 0) is 12.1 Å². The first kappa shape index (κ1) is 14.8. The Morgan fingerprint density at radius 2 is 2.20 bits per heavy atom. The summed E-state index contributed by atoms with van der Waals surface area (Å²) in [5, 5.41) is -0.216. The predicted octanol–water partition coefficient (Wildman–Crippen LogP) is 1.24. The number of rotatable bonds is 5. The van der Waals surface area contributed by atoms with Crippen LogP contribution in [-0.4, -0.2) is 24.5 Å². The molecule has 0 aliphatic rings. The molecule has 0 atom stereocenters. The molecular formula is C11H12ClFN4O2S. The van der Waals surface area contributed by atoms with Crippen molar-refractivity contribution in [2.45, 2.75) is 11.4 Å². The number of anilines is 1. The van der Waals surface area contributed by atoms with Crippen molar-refractivity contribution < 1.29 is 12.8 Å². The van der Waals surface area contributed by atoms with Crippen LogP contribution in [-0.2, 0) is 16.6 Å². The first-order valence-electron chi connectivity index (χ1n) is 5.60. The van der Waals surface area contributed by atoms with E-state index in [1.807, 2.05) is 0 Å². The Labute approximate surface area is 120 Å². The molecule has 0 amide bonds. The molecule has 0 bridgehead atoms. The summed E-state index contributed by atoms with van der Waals surface area (Å²) in [5.41, 5.74) is 5.08. The van der Waals surface area contributed by atoms with Gasteiger partial charge in [-0.2, -0.15) is 0 Å². The number of imidazole rings is 1. The minimum atomic E-state index is -3.85. The Hall–Kier alpha value is -1.64. The monoisotopic (exact) mass is 318 g/mol. The number of nitrogen functional groups attached to an aromatic ring is 1. The lowest BCUT2D eigenvalue weighted by atomic mass is 10.3. The lowest BCUT2D eigenvalue weighted by Crippen LogP contribution is -2.27. The van der Waals surface area contributed by atoms with Crippen molar-refractivity contribution in [1.82, 2.24) is 14.3 Å². The molecule has 3 N–H and O–H groups in total. The van der Waals surface area contributed by atoms with Gasteiger partial charge in [-0.25, -0.2) is 22.5 Å². The highest BCUT2D eigenvalue weighted by Crippen LogP contribution is 2.26. The third-order valence-electron chi connectivity index (χ3n) is 2.56. The molecule has 0 saturated heterocycles. The molecule has 0 radical (unpaired) electrons. The molecule has 0 aliphatic heterocycles.